The van der Waals surface area contributed by atoms with Gasteiger partial charge in [-0.3, -0.25) is 14.5 Å². The molecule has 9 heteroatoms. The van der Waals surface area contributed by atoms with Crippen LogP contribution in [0.15, 0.2) is 34.2 Å². The van der Waals surface area contributed by atoms with Crippen molar-refractivity contribution in [1.82, 2.24) is 9.62 Å². The second kappa shape index (κ2) is 8.52. The van der Waals surface area contributed by atoms with Gasteiger partial charge >= 0.3 is 5.97 Å². The first-order valence-electron chi connectivity index (χ1n) is 9.87. The number of hydrogen-bond donors (Lipinski definition) is 1. The lowest BCUT2D eigenvalue weighted by Gasteiger charge is -2.33. The number of hydrogen-bond acceptors (Lipinski definition) is 6. The zero-order valence-electron chi connectivity index (χ0n) is 16.9. The lowest BCUT2D eigenvalue weighted by atomic mass is 10.0. The van der Waals surface area contributed by atoms with E-state index < -0.39 is 22.0 Å². The molecule has 1 aromatic carbocycles. The number of amidine groups is 1. The van der Waals surface area contributed by atoms with Crippen LogP contribution in [0.3, 0.4) is 0 Å². The summed E-state index contributed by atoms with van der Waals surface area (Å²) in [5.41, 5.74) is 0.421. The van der Waals surface area contributed by atoms with Crippen molar-refractivity contribution in [3.05, 3.63) is 29.8 Å². The van der Waals surface area contributed by atoms with Crippen LogP contribution in [0.1, 0.15) is 45.6 Å². The Balaban J connectivity index is 1.73. The molecule has 1 fully saturated rings. The molecular formula is C20H27N3O5S. The predicted octanol–water partition coefficient (Wildman–Crippen LogP) is 1.69. The molecule has 2 aliphatic heterocycles. The molecular weight excluding hydrogens is 394 g/mol. The van der Waals surface area contributed by atoms with E-state index in [1.807, 2.05) is 6.92 Å². The van der Waals surface area contributed by atoms with E-state index in [9.17, 15) is 18.0 Å². The van der Waals surface area contributed by atoms with Crippen LogP contribution in [0, 0.1) is 5.92 Å². The van der Waals surface area contributed by atoms with Gasteiger partial charge in [-0.1, -0.05) is 26.0 Å². The predicted molar refractivity (Wildman–Crippen MR) is 108 cm³/mol. The SMILES string of the molecule is CC(C)[C@H](N=C1NS(=O)(=O)c2ccccc21)C(=O)OCC(=O)N1CCCC[C@H]1C. The molecule has 0 radical (unpaired) electrons. The standard InChI is InChI=1S/C20H27N3O5S/c1-13(2)18(20(25)28-12-17(24)23-11-7-6-8-14(23)3)21-19-15-9-4-5-10-16(15)29(26,27)22-19/h4-5,9-10,13-14,18H,6-8,11-12H2,1-3H3,(H,21,22)/t14-,18+/m1/s1. The fourth-order valence-corrected chi connectivity index (χ4v) is 4.85. The number of carbonyl (C=O) groups excluding carboxylic acids is 2. The van der Waals surface area contributed by atoms with Crippen molar-refractivity contribution in [3.8, 4) is 0 Å². The highest BCUT2D eigenvalue weighted by molar-refractivity contribution is 7.90. The Labute approximate surface area is 171 Å². The maximum atomic E-state index is 12.6. The number of esters is 1. The third kappa shape index (κ3) is 4.60. The highest BCUT2D eigenvalue weighted by atomic mass is 32.2. The number of nitrogens with one attached hydrogen (secondary N) is 1. The van der Waals surface area contributed by atoms with E-state index in [1.165, 1.54) is 6.07 Å². The molecule has 0 bridgehead atoms. The summed E-state index contributed by atoms with van der Waals surface area (Å²) >= 11 is 0. The molecule has 1 amide bonds. The number of amides is 1. The van der Waals surface area contributed by atoms with Crippen LogP contribution in [0.25, 0.3) is 0 Å². The maximum Gasteiger partial charge on any atom is 0.331 e. The van der Waals surface area contributed by atoms with Crippen LogP contribution >= 0.6 is 0 Å². The molecule has 0 aromatic heterocycles. The van der Waals surface area contributed by atoms with Gasteiger partial charge in [0.05, 0.1) is 4.90 Å². The number of sulfonamides is 1. The molecule has 3 rings (SSSR count). The number of nitrogens with zero attached hydrogens (tertiary/aromatic N) is 2. The summed E-state index contributed by atoms with van der Waals surface area (Å²) in [4.78, 5) is 31.3. The summed E-state index contributed by atoms with van der Waals surface area (Å²) in [6, 6.07) is 5.67. The minimum absolute atomic E-state index is 0.118. The first-order valence-corrected chi connectivity index (χ1v) is 11.3. The van der Waals surface area contributed by atoms with Gasteiger partial charge < -0.3 is 9.64 Å². The van der Waals surface area contributed by atoms with E-state index in [-0.39, 0.29) is 35.2 Å². The molecule has 1 N–H and O–H groups in total. The normalized spacial score (nSPS) is 22.8. The number of ether oxygens (including phenoxy) is 1. The summed E-state index contributed by atoms with van der Waals surface area (Å²) in [7, 11) is -3.69. The van der Waals surface area contributed by atoms with Gasteiger partial charge in [0.15, 0.2) is 12.6 Å². The summed E-state index contributed by atoms with van der Waals surface area (Å²) in [6.45, 7) is 5.91. The molecule has 29 heavy (non-hydrogen) atoms. The molecule has 1 saturated heterocycles. The van der Waals surface area contributed by atoms with Crippen LogP contribution < -0.4 is 4.72 Å². The third-order valence-electron chi connectivity index (χ3n) is 5.27. The first-order chi connectivity index (χ1) is 13.7. The van der Waals surface area contributed by atoms with Crippen LogP contribution in [0.5, 0.6) is 0 Å². The summed E-state index contributed by atoms with van der Waals surface area (Å²) < 4.78 is 32.2. The number of carbonyl (C=O) groups is 2. The van der Waals surface area contributed by atoms with E-state index in [4.69, 9.17) is 4.74 Å². The molecule has 1 aromatic rings. The maximum absolute atomic E-state index is 12.6. The van der Waals surface area contributed by atoms with Gasteiger partial charge in [-0.15, -0.1) is 0 Å². The van der Waals surface area contributed by atoms with Gasteiger partial charge in [0.1, 0.15) is 5.84 Å². The van der Waals surface area contributed by atoms with Gasteiger partial charge in [0.2, 0.25) is 0 Å². The van der Waals surface area contributed by atoms with E-state index in [1.54, 1.807) is 36.9 Å². The minimum atomic E-state index is -3.69. The molecule has 8 nitrogen and oxygen atoms in total. The highest BCUT2D eigenvalue weighted by Crippen LogP contribution is 2.24. The van der Waals surface area contributed by atoms with E-state index in [0.717, 1.165) is 19.3 Å². The Kier molecular flexibility index (Phi) is 6.26. The van der Waals surface area contributed by atoms with E-state index in [2.05, 4.69) is 9.71 Å². The zero-order chi connectivity index (χ0) is 21.2. The average Bonchev–Trinajstić information content (AvgIpc) is 2.94. The molecule has 0 aliphatic carbocycles. The van der Waals surface area contributed by atoms with Crippen LogP contribution in [0.4, 0.5) is 0 Å². The Morgan fingerprint density at radius 3 is 2.69 bits per heavy atom. The second-order valence-electron chi connectivity index (χ2n) is 7.81. The number of fused-ring (bicyclic) bond motifs is 1. The molecule has 2 atom stereocenters. The molecule has 0 spiro atoms. The summed E-state index contributed by atoms with van der Waals surface area (Å²) in [5.74, 6) is -0.981. The third-order valence-corrected chi connectivity index (χ3v) is 6.66. The largest absolute Gasteiger partial charge is 0.454 e. The quantitative estimate of drug-likeness (QED) is 0.729. The van der Waals surface area contributed by atoms with Gasteiger partial charge in [-0.25, -0.2) is 13.2 Å². The van der Waals surface area contributed by atoms with Gasteiger partial charge in [0, 0.05) is 18.2 Å². The summed E-state index contributed by atoms with van der Waals surface area (Å²) in [6.07, 6.45) is 2.99. The minimum Gasteiger partial charge on any atom is -0.454 e. The van der Waals surface area contributed by atoms with Crippen molar-refractivity contribution in [2.24, 2.45) is 10.9 Å². The Morgan fingerprint density at radius 1 is 1.28 bits per heavy atom. The van der Waals surface area contributed by atoms with Gasteiger partial charge in [0.25, 0.3) is 15.9 Å². The lowest BCUT2D eigenvalue weighted by molar-refractivity contribution is -0.155. The molecule has 0 saturated carbocycles. The Hall–Kier alpha value is -2.42. The lowest BCUT2D eigenvalue weighted by Crippen LogP contribution is -2.44. The zero-order valence-corrected chi connectivity index (χ0v) is 17.7. The number of rotatable bonds is 5. The number of likely N-dealkylation sites (tertiary alicyclic amines) is 1. The van der Waals surface area contributed by atoms with Crippen LogP contribution in [-0.4, -0.2) is 56.3 Å². The molecule has 0 unspecified atom stereocenters. The van der Waals surface area contributed by atoms with Crippen LogP contribution in [0.2, 0.25) is 0 Å². The Morgan fingerprint density at radius 2 is 2.00 bits per heavy atom. The number of piperidine rings is 1. The van der Waals surface area contributed by atoms with Crippen molar-refractivity contribution < 1.29 is 22.7 Å². The van der Waals surface area contributed by atoms with E-state index in [0.29, 0.717) is 12.1 Å². The molecule has 2 heterocycles. The highest BCUT2D eigenvalue weighted by Gasteiger charge is 2.33. The van der Waals surface area contributed by atoms with Gasteiger partial charge in [-0.05, 0) is 44.2 Å². The molecule has 158 valence electrons. The van der Waals surface area contributed by atoms with Crippen molar-refractivity contribution in [1.29, 1.82) is 0 Å². The van der Waals surface area contributed by atoms with Crippen molar-refractivity contribution >= 4 is 27.7 Å². The first kappa shape index (κ1) is 21.3. The number of aliphatic imine (C=N–C) groups is 1. The van der Waals surface area contributed by atoms with Crippen molar-refractivity contribution in [3.63, 3.8) is 0 Å². The smallest absolute Gasteiger partial charge is 0.331 e. The second-order valence-corrected chi connectivity index (χ2v) is 9.46. The fourth-order valence-electron chi connectivity index (χ4n) is 3.61. The monoisotopic (exact) mass is 421 g/mol. The number of benzene rings is 1. The summed E-state index contributed by atoms with van der Waals surface area (Å²) in [5, 5.41) is 0. The fraction of sp³-hybridized carbons (Fsp3) is 0.550. The van der Waals surface area contributed by atoms with Gasteiger partial charge in [-0.2, -0.15) is 0 Å². The average molecular weight is 422 g/mol. The van der Waals surface area contributed by atoms with Crippen LogP contribution in [-0.2, 0) is 24.3 Å². The molecule has 2 aliphatic rings. The Bertz CT molecular complexity index is 926. The van der Waals surface area contributed by atoms with Crippen molar-refractivity contribution in [2.45, 2.75) is 57.0 Å². The van der Waals surface area contributed by atoms with Crippen molar-refractivity contribution in [2.75, 3.05) is 13.2 Å². The topological polar surface area (TPSA) is 105 Å². The van der Waals surface area contributed by atoms with E-state index >= 15 is 0 Å².